The molecule has 1 aromatic carbocycles. The summed E-state index contributed by atoms with van der Waals surface area (Å²) in [5.74, 6) is -0.624. The van der Waals surface area contributed by atoms with Crippen molar-refractivity contribution in [1.29, 1.82) is 0 Å². The van der Waals surface area contributed by atoms with Crippen molar-refractivity contribution in [2.24, 2.45) is 11.0 Å². The van der Waals surface area contributed by atoms with Crippen molar-refractivity contribution in [3.8, 4) is 0 Å². The van der Waals surface area contributed by atoms with Gasteiger partial charge in [0.2, 0.25) is 11.8 Å². The van der Waals surface area contributed by atoms with Gasteiger partial charge in [-0.25, -0.2) is 5.43 Å². The molecule has 1 atom stereocenters. The van der Waals surface area contributed by atoms with E-state index in [2.05, 4.69) is 10.5 Å². The van der Waals surface area contributed by atoms with Crippen LogP contribution in [0.2, 0.25) is 0 Å². The Balaban J connectivity index is 1.60. The molecule has 1 aromatic heterocycles. The zero-order valence-electron chi connectivity index (χ0n) is 12.7. The normalized spacial score (nSPS) is 17.9. The number of hydrazone groups is 1. The number of aryl methyl sites for hydroxylation is 1. The Bertz CT molecular complexity index is 723. The van der Waals surface area contributed by atoms with Gasteiger partial charge in [-0.05, 0) is 30.5 Å². The summed E-state index contributed by atoms with van der Waals surface area (Å²) in [4.78, 5) is 26.9. The molecule has 1 aliphatic heterocycles. The number of thiophene rings is 1. The van der Waals surface area contributed by atoms with Crippen LogP contribution in [0.4, 0.5) is 5.69 Å². The van der Waals surface area contributed by atoms with Crippen molar-refractivity contribution < 1.29 is 9.59 Å². The number of rotatable bonds is 4. The van der Waals surface area contributed by atoms with E-state index in [1.54, 1.807) is 22.5 Å². The number of nitrogens with zero attached hydrogens (tertiary/aromatic N) is 2. The monoisotopic (exact) mass is 327 g/mol. The second-order valence-electron chi connectivity index (χ2n) is 5.49. The lowest BCUT2D eigenvalue weighted by Crippen LogP contribution is -2.30. The first-order valence-corrected chi connectivity index (χ1v) is 8.25. The Labute approximate surface area is 138 Å². The summed E-state index contributed by atoms with van der Waals surface area (Å²) < 4.78 is 0. The zero-order valence-corrected chi connectivity index (χ0v) is 13.5. The second-order valence-corrected chi connectivity index (χ2v) is 6.47. The Morgan fingerprint density at radius 2 is 2.13 bits per heavy atom. The van der Waals surface area contributed by atoms with E-state index in [4.69, 9.17) is 0 Å². The summed E-state index contributed by atoms with van der Waals surface area (Å²) in [6.45, 7) is 2.39. The molecule has 0 aliphatic carbocycles. The predicted molar refractivity (Wildman–Crippen MR) is 91.7 cm³/mol. The summed E-state index contributed by atoms with van der Waals surface area (Å²) in [7, 11) is 0. The van der Waals surface area contributed by atoms with Crippen LogP contribution in [0.25, 0.3) is 0 Å². The van der Waals surface area contributed by atoms with Crippen LogP contribution in [-0.4, -0.2) is 24.6 Å². The molecule has 1 aliphatic rings. The lowest BCUT2D eigenvalue weighted by molar-refractivity contribution is -0.126. The first kappa shape index (κ1) is 15.4. The highest BCUT2D eigenvalue weighted by atomic mass is 32.1. The minimum Gasteiger partial charge on any atom is -0.312 e. The Morgan fingerprint density at radius 3 is 2.83 bits per heavy atom. The van der Waals surface area contributed by atoms with Gasteiger partial charge < -0.3 is 4.90 Å². The molecule has 2 heterocycles. The molecule has 0 radical (unpaired) electrons. The van der Waals surface area contributed by atoms with E-state index < -0.39 is 0 Å². The zero-order chi connectivity index (χ0) is 16.2. The molecule has 5 nitrogen and oxygen atoms in total. The van der Waals surface area contributed by atoms with Gasteiger partial charge in [-0.1, -0.05) is 23.8 Å². The third-order valence-corrected chi connectivity index (χ3v) is 4.56. The highest BCUT2D eigenvalue weighted by Crippen LogP contribution is 2.25. The molecule has 118 valence electrons. The van der Waals surface area contributed by atoms with Crippen molar-refractivity contribution >= 4 is 35.1 Å². The van der Waals surface area contributed by atoms with Gasteiger partial charge in [0.15, 0.2) is 0 Å². The van der Waals surface area contributed by atoms with Gasteiger partial charge in [0, 0.05) is 23.5 Å². The SMILES string of the molecule is Cc1ccc(N2C[C@@H](C(=O)N/N=C\c3cccs3)CC2=O)cc1. The molecular formula is C17H17N3O2S. The minimum absolute atomic E-state index is 0.0313. The van der Waals surface area contributed by atoms with E-state index in [9.17, 15) is 9.59 Å². The highest BCUT2D eigenvalue weighted by molar-refractivity contribution is 7.11. The number of anilines is 1. The van der Waals surface area contributed by atoms with Gasteiger partial charge in [-0.15, -0.1) is 11.3 Å². The largest absolute Gasteiger partial charge is 0.312 e. The van der Waals surface area contributed by atoms with Crippen LogP contribution in [0.1, 0.15) is 16.9 Å². The van der Waals surface area contributed by atoms with Crippen LogP contribution in [-0.2, 0) is 9.59 Å². The van der Waals surface area contributed by atoms with E-state index in [1.165, 1.54) is 0 Å². The number of nitrogens with one attached hydrogen (secondary N) is 1. The fraction of sp³-hybridized carbons (Fsp3) is 0.235. The van der Waals surface area contributed by atoms with E-state index in [-0.39, 0.29) is 24.2 Å². The topological polar surface area (TPSA) is 61.8 Å². The maximum Gasteiger partial charge on any atom is 0.245 e. The van der Waals surface area contributed by atoms with Gasteiger partial charge in [-0.3, -0.25) is 9.59 Å². The summed E-state index contributed by atoms with van der Waals surface area (Å²) in [6, 6.07) is 11.6. The molecular weight excluding hydrogens is 310 g/mol. The smallest absolute Gasteiger partial charge is 0.245 e. The molecule has 1 fully saturated rings. The van der Waals surface area contributed by atoms with Gasteiger partial charge in [0.1, 0.15) is 0 Å². The van der Waals surface area contributed by atoms with Crippen LogP contribution >= 0.6 is 11.3 Å². The molecule has 6 heteroatoms. The third kappa shape index (κ3) is 3.65. The molecule has 2 amide bonds. The molecule has 1 N–H and O–H groups in total. The van der Waals surface area contributed by atoms with Crippen molar-refractivity contribution in [3.05, 3.63) is 52.2 Å². The number of carbonyl (C=O) groups is 2. The number of benzene rings is 1. The summed E-state index contributed by atoms with van der Waals surface area (Å²) in [5, 5.41) is 5.89. The van der Waals surface area contributed by atoms with Crippen LogP contribution in [0.3, 0.4) is 0 Å². The van der Waals surface area contributed by atoms with Crippen molar-refractivity contribution in [2.45, 2.75) is 13.3 Å². The van der Waals surface area contributed by atoms with Gasteiger partial charge in [0.25, 0.3) is 0 Å². The fourth-order valence-corrected chi connectivity index (χ4v) is 3.06. The second kappa shape index (κ2) is 6.75. The maximum atomic E-state index is 12.2. The average molecular weight is 327 g/mol. The number of carbonyl (C=O) groups excluding carboxylic acids is 2. The standard InChI is InChI=1S/C17H17N3O2S/c1-12-4-6-14(7-5-12)20-11-13(9-16(20)21)17(22)19-18-10-15-3-2-8-23-15/h2-8,10,13H,9,11H2,1H3,(H,19,22)/b18-10-/t13-/m0/s1. The molecule has 0 saturated carbocycles. The Hall–Kier alpha value is -2.47. The van der Waals surface area contributed by atoms with Gasteiger partial charge >= 0.3 is 0 Å². The molecule has 1 saturated heterocycles. The lowest BCUT2D eigenvalue weighted by Gasteiger charge is -2.16. The molecule has 0 spiro atoms. The quantitative estimate of drug-likeness (QED) is 0.693. The van der Waals surface area contributed by atoms with Gasteiger partial charge in [0.05, 0.1) is 12.1 Å². The molecule has 23 heavy (non-hydrogen) atoms. The van der Waals surface area contributed by atoms with Crippen molar-refractivity contribution in [2.75, 3.05) is 11.4 Å². The number of amides is 2. The Morgan fingerprint density at radius 1 is 1.35 bits per heavy atom. The molecule has 0 bridgehead atoms. The fourth-order valence-electron chi connectivity index (χ4n) is 2.47. The first-order chi connectivity index (χ1) is 11.1. The van der Waals surface area contributed by atoms with E-state index in [0.717, 1.165) is 16.1 Å². The van der Waals surface area contributed by atoms with Crippen LogP contribution in [0, 0.1) is 12.8 Å². The lowest BCUT2D eigenvalue weighted by atomic mass is 10.1. The van der Waals surface area contributed by atoms with E-state index in [1.807, 2.05) is 48.7 Å². The summed E-state index contributed by atoms with van der Waals surface area (Å²) >= 11 is 1.54. The van der Waals surface area contributed by atoms with Crippen LogP contribution in [0.15, 0.2) is 46.9 Å². The first-order valence-electron chi connectivity index (χ1n) is 7.37. The molecule has 3 rings (SSSR count). The third-order valence-electron chi connectivity index (χ3n) is 3.75. The minimum atomic E-state index is -0.371. The van der Waals surface area contributed by atoms with E-state index >= 15 is 0 Å². The Kier molecular flexibility index (Phi) is 4.52. The van der Waals surface area contributed by atoms with Gasteiger partial charge in [-0.2, -0.15) is 5.10 Å². The van der Waals surface area contributed by atoms with Crippen molar-refractivity contribution in [1.82, 2.24) is 5.43 Å². The van der Waals surface area contributed by atoms with E-state index in [0.29, 0.717) is 6.54 Å². The summed E-state index contributed by atoms with van der Waals surface area (Å²) in [5.41, 5.74) is 4.49. The predicted octanol–water partition coefficient (Wildman–Crippen LogP) is 2.56. The van der Waals surface area contributed by atoms with Crippen molar-refractivity contribution in [3.63, 3.8) is 0 Å². The van der Waals surface area contributed by atoms with Crippen LogP contribution in [0.5, 0.6) is 0 Å². The maximum absolute atomic E-state index is 12.2. The highest BCUT2D eigenvalue weighted by Gasteiger charge is 2.35. The number of hydrogen-bond donors (Lipinski definition) is 1. The van der Waals surface area contributed by atoms with Crippen LogP contribution < -0.4 is 10.3 Å². The molecule has 0 unspecified atom stereocenters. The average Bonchev–Trinajstić information content (AvgIpc) is 3.18. The summed E-state index contributed by atoms with van der Waals surface area (Å²) in [6.07, 6.45) is 1.82. The molecule has 2 aromatic rings. The number of hydrogen-bond acceptors (Lipinski definition) is 4.